The third-order valence-corrected chi connectivity index (χ3v) is 6.61. The van der Waals surface area contributed by atoms with Crippen LogP contribution in [-0.2, 0) is 13.1 Å². The Balaban J connectivity index is 1.58. The Morgan fingerprint density at radius 3 is 2.91 bits per heavy atom. The minimum absolute atomic E-state index is 0.0762. The predicted molar refractivity (Wildman–Crippen MR) is 131 cm³/mol. The first-order valence-corrected chi connectivity index (χ1v) is 11.6. The van der Waals surface area contributed by atoms with Crippen LogP contribution in [0.4, 0.5) is 5.95 Å². The van der Waals surface area contributed by atoms with Crippen LogP contribution in [0.25, 0.3) is 17.1 Å². The first kappa shape index (κ1) is 22.2. The van der Waals surface area contributed by atoms with Gasteiger partial charge in [-0.25, -0.2) is 9.67 Å². The van der Waals surface area contributed by atoms with E-state index in [2.05, 4.69) is 21.8 Å². The Hall–Kier alpha value is -3.61. The molecular weight excluding hydrogens is 430 g/mol. The maximum atomic E-state index is 13.7. The van der Waals surface area contributed by atoms with Crippen molar-refractivity contribution in [2.24, 2.45) is 5.73 Å². The van der Waals surface area contributed by atoms with E-state index >= 15 is 0 Å². The maximum Gasteiger partial charge on any atom is 0.293 e. The molecule has 0 amide bonds. The number of nitrogens with two attached hydrogens (primary N) is 1. The Morgan fingerprint density at radius 1 is 1.29 bits per heavy atom. The minimum Gasteiger partial charge on any atom is -0.341 e. The van der Waals surface area contributed by atoms with E-state index in [9.17, 15) is 10.0 Å². The van der Waals surface area contributed by atoms with E-state index in [0.717, 1.165) is 30.5 Å². The Morgan fingerprint density at radius 2 is 2.12 bits per heavy atom. The summed E-state index contributed by atoms with van der Waals surface area (Å²) < 4.78 is 3.29. The number of anilines is 1. The molecule has 9 heteroatoms. The summed E-state index contributed by atoms with van der Waals surface area (Å²) in [6, 6.07) is 7.51. The van der Waals surface area contributed by atoms with Gasteiger partial charge in [-0.2, -0.15) is 5.10 Å². The van der Waals surface area contributed by atoms with Gasteiger partial charge in [-0.3, -0.25) is 19.6 Å². The first-order chi connectivity index (χ1) is 16.5. The molecule has 1 saturated heterocycles. The highest BCUT2D eigenvalue weighted by atomic mass is 16.5. The Labute approximate surface area is 198 Å². The van der Waals surface area contributed by atoms with Gasteiger partial charge in [0.2, 0.25) is 5.95 Å². The molecule has 0 spiro atoms. The van der Waals surface area contributed by atoms with E-state index in [-0.39, 0.29) is 18.1 Å². The van der Waals surface area contributed by atoms with Crippen molar-refractivity contribution in [2.75, 3.05) is 18.0 Å². The number of aromatic nitrogens is 4. The number of benzene rings is 1. The smallest absolute Gasteiger partial charge is 0.293 e. The van der Waals surface area contributed by atoms with E-state index in [4.69, 9.17) is 10.7 Å². The van der Waals surface area contributed by atoms with Crippen LogP contribution < -0.4 is 16.2 Å². The molecule has 2 atom stereocenters. The summed E-state index contributed by atoms with van der Waals surface area (Å²) in [5.41, 5.74) is 9.64. The number of piperidine rings is 1. The zero-order valence-electron chi connectivity index (χ0n) is 19.5. The van der Waals surface area contributed by atoms with E-state index in [0.29, 0.717) is 35.8 Å². The van der Waals surface area contributed by atoms with Gasteiger partial charge >= 0.3 is 0 Å². The number of hydroxylamine groups is 2. The number of nitrogens with zero attached hydrogens (tertiary/aromatic N) is 6. The highest BCUT2D eigenvalue weighted by molar-refractivity contribution is 5.77. The van der Waals surface area contributed by atoms with Crippen molar-refractivity contribution in [2.45, 2.75) is 51.9 Å². The van der Waals surface area contributed by atoms with Gasteiger partial charge in [0.25, 0.3) is 5.56 Å². The number of hydrogen-bond acceptors (Lipinski definition) is 7. The summed E-state index contributed by atoms with van der Waals surface area (Å²) in [5.74, 6) is 6.70. The first-order valence-electron chi connectivity index (χ1n) is 11.6. The lowest BCUT2D eigenvalue weighted by Crippen LogP contribution is -2.44. The second-order valence-electron chi connectivity index (χ2n) is 8.91. The van der Waals surface area contributed by atoms with Crippen LogP contribution in [0.2, 0.25) is 0 Å². The Kier molecular flexibility index (Phi) is 5.86. The summed E-state index contributed by atoms with van der Waals surface area (Å²) in [6.45, 7) is 5.70. The van der Waals surface area contributed by atoms with E-state index in [1.807, 2.05) is 41.8 Å². The van der Waals surface area contributed by atoms with Crippen molar-refractivity contribution >= 4 is 23.1 Å². The number of hydrogen-bond donors (Lipinski definition) is 2. The lowest BCUT2D eigenvalue weighted by molar-refractivity contribution is -0.101. The average Bonchev–Trinajstić information content (AvgIpc) is 3.21. The molecule has 176 valence electrons. The molecule has 0 radical (unpaired) electrons. The number of allylic oxidation sites excluding steroid dienone is 1. The number of rotatable bonds is 4. The van der Waals surface area contributed by atoms with Crippen LogP contribution in [0.1, 0.15) is 43.9 Å². The molecule has 0 saturated carbocycles. The molecule has 5 rings (SSSR count). The van der Waals surface area contributed by atoms with Gasteiger partial charge < -0.3 is 10.6 Å². The SMILES string of the molecule is CC#CCn1c(N2CCC[C@@H](N)C2)nc2cnn(CC3c4ccccc4C=C(C)N3O)c(=O)c21. The zero-order chi connectivity index (χ0) is 23.8. The van der Waals surface area contributed by atoms with Crippen molar-refractivity contribution in [1.82, 2.24) is 24.4 Å². The Bertz CT molecular complexity index is 1380. The molecule has 4 heterocycles. The fourth-order valence-electron chi connectivity index (χ4n) is 4.90. The van der Waals surface area contributed by atoms with Gasteiger partial charge in [0, 0.05) is 24.8 Å². The maximum absolute atomic E-state index is 13.7. The number of fused-ring (bicyclic) bond motifs is 2. The van der Waals surface area contributed by atoms with E-state index < -0.39 is 6.04 Å². The van der Waals surface area contributed by atoms with Crippen molar-refractivity contribution in [1.29, 1.82) is 0 Å². The van der Waals surface area contributed by atoms with Crippen molar-refractivity contribution in [3.63, 3.8) is 0 Å². The molecule has 3 N–H and O–H groups in total. The van der Waals surface area contributed by atoms with Crippen LogP contribution >= 0.6 is 0 Å². The molecule has 2 aromatic heterocycles. The van der Waals surface area contributed by atoms with Gasteiger partial charge in [0.1, 0.15) is 17.1 Å². The third-order valence-electron chi connectivity index (χ3n) is 6.61. The predicted octanol–water partition coefficient (Wildman–Crippen LogP) is 2.35. The molecule has 1 unspecified atom stereocenters. The van der Waals surface area contributed by atoms with Gasteiger partial charge in [-0.15, -0.1) is 5.92 Å². The quantitative estimate of drug-likeness (QED) is 0.577. The van der Waals surface area contributed by atoms with Crippen LogP contribution in [-0.4, -0.2) is 48.7 Å². The van der Waals surface area contributed by atoms with Crippen molar-refractivity contribution in [3.05, 3.63) is 57.6 Å². The zero-order valence-corrected chi connectivity index (χ0v) is 19.5. The largest absolute Gasteiger partial charge is 0.341 e. The lowest BCUT2D eigenvalue weighted by Gasteiger charge is -2.33. The minimum atomic E-state index is -0.435. The molecule has 3 aromatic rings. The molecular formula is C25H29N7O2. The summed E-state index contributed by atoms with van der Waals surface area (Å²) >= 11 is 0. The molecule has 0 bridgehead atoms. The molecule has 0 aliphatic carbocycles. The van der Waals surface area contributed by atoms with Crippen LogP contribution in [0, 0.1) is 11.8 Å². The number of imidazole rings is 1. The van der Waals surface area contributed by atoms with Crippen molar-refractivity contribution < 1.29 is 5.21 Å². The summed E-state index contributed by atoms with van der Waals surface area (Å²) in [6.07, 6.45) is 5.51. The second-order valence-corrected chi connectivity index (χ2v) is 8.91. The fourth-order valence-corrected chi connectivity index (χ4v) is 4.90. The summed E-state index contributed by atoms with van der Waals surface area (Å²) in [7, 11) is 0. The molecule has 1 fully saturated rings. The van der Waals surface area contributed by atoms with E-state index in [1.165, 1.54) is 9.75 Å². The normalized spacial score (nSPS) is 20.1. The molecule has 2 aliphatic heterocycles. The van der Waals surface area contributed by atoms with Crippen molar-refractivity contribution in [3.8, 4) is 11.8 Å². The lowest BCUT2D eigenvalue weighted by atomic mass is 9.95. The van der Waals surface area contributed by atoms with Gasteiger partial charge in [-0.05, 0) is 43.9 Å². The van der Waals surface area contributed by atoms with Crippen LogP contribution in [0.3, 0.4) is 0 Å². The summed E-state index contributed by atoms with van der Waals surface area (Å²) in [5, 5.41) is 16.4. The third kappa shape index (κ3) is 3.85. The molecule has 1 aromatic carbocycles. The van der Waals surface area contributed by atoms with Gasteiger partial charge in [-0.1, -0.05) is 30.2 Å². The van der Waals surface area contributed by atoms with Crippen LogP contribution in [0.5, 0.6) is 0 Å². The summed E-state index contributed by atoms with van der Waals surface area (Å²) in [4.78, 5) is 20.6. The monoisotopic (exact) mass is 459 g/mol. The van der Waals surface area contributed by atoms with Gasteiger partial charge in [0.05, 0.1) is 19.3 Å². The molecule has 2 aliphatic rings. The second kappa shape index (κ2) is 8.97. The van der Waals surface area contributed by atoms with Gasteiger partial charge in [0.15, 0.2) is 0 Å². The average molecular weight is 460 g/mol. The van der Waals surface area contributed by atoms with Crippen LogP contribution in [0.15, 0.2) is 41.0 Å². The fraction of sp³-hybridized carbons (Fsp3) is 0.400. The molecule has 34 heavy (non-hydrogen) atoms. The highest BCUT2D eigenvalue weighted by Crippen LogP contribution is 2.33. The topological polar surface area (TPSA) is 105 Å². The molecule has 9 nitrogen and oxygen atoms in total. The van der Waals surface area contributed by atoms with E-state index in [1.54, 1.807) is 13.1 Å². The highest BCUT2D eigenvalue weighted by Gasteiger charge is 2.28. The standard InChI is InChI=1S/C25H29N7O2/c1-3-4-12-30-23-21(28-25(30)29-11-7-9-19(26)15-29)14-27-31(24(23)33)16-22-20-10-6-5-8-18(20)13-17(2)32(22)34/h5-6,8,10,13-14,19,22,34H,7,9,11-12,15-16,26H2,1-2H3/t19-,22?/m1/s1.